The summed E-state index contributed by atoms with van der Waals surface area (Å²) in [5.41, 5.74) is 2.16. The molecule has 1 aromatic carbocycles. The predicted octanol–water partition coefficient (Wildman–Crippen LogP) is 3.84. The highest BCUT2D eigenvalue weighted by Gasteiger charge is 2.27. The molecular weight excluding hydrogens is 324 g/mol. The Bertz CT molecular complexity index is 783. The first-order valence-electron chi connectivity index (χ1n) is 9.87. The Hall–Kier alpha value is -2.07. The number of nitrogens with zero attached hydrogens (tertiary/aromatic N) is 2. The molecule has 2 fully saturated rings. The number of benzene rings is 1. The lowest BCUT2D eigenvalue weighted by Gasteiger charge is -2.36. The third-order valence-electron chi connectivity index (χ3n) is 5.89. The lowest BCUT2D eigenvalue weighted by molar-refractivity contribution is 0.0768. The van der Waals surface area contributed by atoms with E-state index in [-0.39, 0.29) is 5.56 Å². The predicted molar refractivity (Wildman–Crippen MR) is 105 cm³/mol. The van der Waals surface area contributed by atoms with Crippen LogP contribution in [0.25, 0.3) is 11.1 Å². The first kappa shape index (κ1) is 17.3. The van der Waals surface area contributed by atoms with Crippen LogP contribution in [0.1, 0.15) is 38.5 Å². The maximum atomic E-state index is 11.5. The van der Waals surface area contributed by atoms with Gasteiger partial charge in [0.1, 0.15) is 11.9 Å². The van der Waals surface area contributed by atoms with Crippen molar-refractivity contribution in [3.05, 3.63) is 52.9 Å². The zero-order valence-corrected chi connectivity index (χ0v) is 15.6. The maximum Gasteiger partial charge on any atom is 0.250 e. The zero-order chi connectivity index (χ0) is 17.9. The first-order valence-corrected chi connectivity index (χ1v) is 9.87. The van der Waals surface area contributed by atoms with Crippen LogP contribution in [0.15, 0.2) is 47.4 Å². The molecule has 2 heterocycles. The average Bonchev–Trinajstić information content (AvgIpc) is 3.20. The fourth-order valence-electron chi connectivity index (χ4n) is 4.31. The van der Waals surface area contributed by atoms with Crippen molar-refractivity contribution in [1.82, 2.24) is 9.47 Å². The van der Waals surface area contributed by atoms with Crippen LogP contribution in [0.3, 0.4) is 0 Å². The van der Waals surface area contributed by atoms with E-state index < -0.39 is 0 Å². The van der Waals surface area contributed by atoms with E-state index in [1.807, 2.05) is 24.4 Å². The van der Waals surface area contributed by atoms with Crippen LogP contribution in [0.2, 0.25) is 0 Å². The average molecular weight is 352 g/mol. The molecule has 26 heavy (non-hydrogen) atoms. The van der Waals surface area contributed by atoms with Crippen molar-refractivity contribution in [2.45, 2.75) is 50.7 Å². The Balaban J connectivity index is 1.34. The molecular formula is C22H28N2O2. The second-order valence-electron chi connectivity index (χ2n) is 7.68. The van der Waals surface area contributed by atoms with Gasteiger partial charge in [-0.1, -0.05) is 25.0 Å². The molecule has 0 spiro atoms. The van der Waals surface area contributed by atoms with E-state index in [4.69, 9.17) is 4.74 Å². The quantitative estimate of drug-likeness (QED) is 0.838. The van der Waals surface area contributed by atoms with Crippen molar-refractivity contribution in [3.63, 3.8) is 0 Å². The number of ether oxygens (including phenoxy) is 1. The number of pyridine rings is 1. The fraction of sp³-hybridized carbons (Fsp3) is 0.500. The Morgan fingerprint density at radius 1 is 0.885 bits per heavy atom. The first-order chi connectivity index (χ1) is 12.7. The van der Waals surface area contributed by atoms with Crippen molar-refractivity contribution < 1.29 is 4.74 Å². The normalized spacial score (nSPS) is 19.7. The Morgan fingerprint density at radius 3 is 2.19 bits per heavy atom. The summed E-state index contributed by atoms with van der Waals surface area (Å²) in [6.45, 7) is 2.34. The molecule has 1 aromatic heterocycles. The molecule has 2 aliphatic rings. The van der Waals surface area contributed by atoms with E-state index in [1.165, 1.54) is 38.8 Å². The summed E-state index contributed by atoms with van der Waals surface area (Å²) in [6.07, 6.45) is 10.0. The van der Waals surface area contributed by atoms with Gasteiger partial charge in [0.15, 0.2) is 0 Å². The third kappa shape index (κ3) is 3.85. The van der Waals surface area contributed by atoms with E-state index in [2.05, 4.69) is 17.0 Å². The van der Waals surface area contributed by atoms with Crippen LogP contribution in [0, 0.1) is 0 Å². The molecule has 1 aliphatic carbocycles. The van der Waals surface area contributed by atoms with Gasteiger partial charge in [0, 0.05) is 38.4 Å². The lowest BCUT2D eigenvalue weighted by atomic mass is 10.0. The monoisotopic (exact) mass is 352 g/mol. The summed E-state index contributed by atoms with van der Waals surface area (Å²) in [5.74, 6) is 0.942. The van der Waals surface area contributed by atoms with Crippen LogP contribution in [-0.2, 0) is 7.05 Å². The number of rotatable bonds is 4. The Kier molecular flexibility index (Phi) is 5.11. The van der Waals surface area contributed by atoms with Crippen molar-refractivity contribution in [3.8, 4) is 16.9 Å². The second-order valence-corrected chi connectivity index (χ2v) is 7.68. The molecule has 4 heteroatoms. The Labute approximate surface area is 155 Å². The zero-order valence-electron chi connectivity index (χ0n) is 15.6. The van der Waals surface area contributed by atoms with Gasteiger partial charge in [0.2, 0.25) is 5.56 Å². The van der Waals surface area contributed by atoms with Crippen molar-refractivity contribution in [2.75, 3.05) is 13.1 Å². The van der Waals surface area contributed by atoms with Crippen LogP contribution < -0.4 is 10.3 Å². The SMILES string of the molecule is Cn1cc(-c2ccc(OC3CCN(C4CCCC4)CC3)cc2)ccc1=O. The molecule has 1 saturated carbocycles. The summed E-state index contributed by atoms with van der Waals surface area (Å²) in [6, 6.07) is 12.5. The largest absolute Gasteiger partial charge is 0.490 e. The van der Waals surface area contributed by atoms with Crippen LogP contribution in [-0.4, -0.2) is 34.7 Å². The molecule has 138 valence electrons. The minimum atomic E-state index is 0.0117. The third-order valence-corrected chi connectivity index (χ3v) is 5.89. The molecule has 4 nitrogen and oxygen atoms in total. The molecule has 0 amide bonds. The van der Waals surface area contributed by atoms with Gasteiger partial charge in [0.05, 0.1) is 0 Å². The highest BCUT2D eigenvalue weighted by Crippen LogP contribution is 2.28. The van der Waals surface area contributed by atoms with Gasteiger partial charge in [0.25, 0.3) is 0 Å². The smallest absolute Gasteiger partial charge is 0.250 e. The number of hydrogen-bond acceptors (Lipinski definition) is 3. The minimum absolute atomic E-state index is 0.0117. The molecule has 2 aromatic rings. The number of likely N-dealkylation sites (tertiary alicyclic amines) is 1. The summed E-state index contributed by atoms with van der Waals surface area (Å²) < 4.78 is 7.83. The number of hydrogen-bond donors (Lipinski definition) is 0. The van der Waals surface area contributed by atoms with E-state index in [0.717, 1.165) is 35.8 Å². The molecule has 1 saturated heterocycles. The van der Waals surface area contributed by atoms with E-state index in [1.54, 1.807) is 17.7 Å². The van der Waals surface area contributed by atoms with Gasteiger partial charge in [-0.15, -0.1) is 0 Å². The van der Waals surface area contributed by atoms with Crippen molar-refractivity contribution >= 4 is 0 Å². The topological polar surface area (TPSA) is 34.5 Å². The maximum absolute atomic E-state index is 11.5. The van der Waals surface area contributed by atoms with Gasteiger partial charge in [-0.2, -0.15) is 0 Å². The highest BCUT2D eigenvalue weighted by molar-refractivity contribution is 5.63. The summed E-state index contributed by atoms with van der Waals surface area (Å²) in [7, 11) is 1.78. The highest BCUT2D eigenvalue weighted by atomic mass is 16.5. The second kappa shape index (κ2) is 7.67. The molecule has 0 unspecified atom stereocenters. The van der Waals surface area contributed by atoms with Crippen LogP contribution >= 0.6 is 0 Å². The van der Waals surface area contributed by atoms with Gasteiger partial charge in [-0.05, 0) is 55.0 Å². The molecule has 0 bridgehead atoms. The molecule has 0 radical (unpaired) electrons. The van der Waals surface area contributed by atoms with E-state index >= 15 is 0 Å². The van der Waals surface area contributed by atoms with Gasteiger partial charge < -0.3 is 14.2 Å². The fourth-order valence-corrected chi connectivity index (χ4v) is 4.31. The van der Waals surface area contributed by atoms with Gasteiger partial charge in [-0.3, -0.25) is 4.79 Å². The van der Waals surface area contributed by atoms with Crippen LogP contribution in [0.5, 0.6) is 5.75 Å². The summed E-state index contributed by atoms with van der Waals surface area (Å²) in [4.78, 5) is 14.2. The standard InChI is InChI=1S/C22H28N2O2/c1-23-16-18(8-11-22(23)25)17-6-9-20(10-7-17)26-21-12-14-24(15-13-21)19-4-2-3-5-19/h6-11,16,19,21H,2-5,12-15H2,1H3. The Morgan fingerprint density at radius 2 is 1.54 bits per heavy atom. The summed E-state index contributed by atoms with van der Waals surface area (Å²) in [5, 5.41) is 0. The van der Waals surface area contributed by atoms with Gasteiger partial charge in [-0.25, -0.2) is 0 Å². The lowest BCUT2D eigenvalue weighted by Crippen LogP contribution is -2.43. The summed E-state index contributed by atoms with van der Waals surface area (Å²) >= 11 is 0. The molecule has 0 atom stereocenters. The number of piperidine rings is 1. The van der Waals surface area contributed by atoms with Crippen LogP contribution in [0.4, 0.5) is 0 Å². The van der Waals surface area contributed by atoms with Gasteiger partial charge >= 0.3 is 0 Å². The van der Waals surface area contributed by atoms with Crippen molar-refractivity contribution in [1.29, 1.82) is 0 Å². The molecule has 4 rings (SSSR count). The molecule has 0 N–H and O–H groups in total. The molecule has 1 aliphatic heterocycles. The minimum Gasteiger partial charge on any atom is -0.490 e. The number of aromatic nitrogens is 1. The van der Waals surface area contributed by atoms with Crippen molar-refractivity contribution in [2.24, 2.45) is 7.05 Å². The number of aryl methyl sites for hydroxylation is 1. The van der Waals surface area contributed by atoms with E-state index in [9.17, 15) is 4.79 Å². The van der Waals surface area contributed by atoms with E-state index in [0.29, 0.717) is 6.10 Å².